The lowest BCUT2D eigenvalue weighted by atomic mass is 10.0. The summed E-state index contributed by atoms with van der Waals surface area (Å²) in [6, 6.07) is -0.886. The first kappa shape index (κ1) is 72.9. The molecule has 0 spiro atoms. The Morgan fingerprint density at radius 1 is 0.480 bits per heavy atom. The number of nitrogens with one attached hydrogen (secondary N) is 1. The molecule has 438 valence electrons. The van der Waals surface area contributed by atoms with Gasteiger partial charge in [-0.2, -0.15) is 0 Å². The van der Waals surface area contributed by atoms with Gasteiger partial charge in [0.05, 0.1) is 39.9 Å². The lowest BCUT2D eigenvalue weighted by Gasteiger charge is -2.29. The van der Waals surface area contributed by atoms with Crippen LogP contribution in [0, 0.1) is 0 Å². The van der Waals surface area contributed by atoms with Gasteiger partial charge in [-0.25, -0.2) is 0 Å². The molecular weight excluding hydrogens is 948 g/mol. The number of aliphatic hydroxyl groups excluding tert-OH is 1. The van der Waals surface area contributed by atoms with Gasteiger partial charge in [0, 0.05) is 6.42 Å². The summed E-state index contributed by atoms with van der Waals surface area (Å²) in [5.74, 6) is -0.194. The third-order valence-corrected chi connectivity index (χ3v) is 15.1. The number of hydrogen-bond donors (Lipinski definition) is 2. The Morgan fingerprint density at radius 2 is 0.813 bits per heavy atom. The first-order valence-electron chi connectivity index (χ1n) is 31.8. The summed E-state index contributed by atoms with van der Waals surface area (Å²) in [4.78, 5) is 25.5. The van der Waals surface area contributed by atoms with Crippen molar-refractivity contribution in [1.82, 2.24) is 5.32 Å². The number of rotatable bonds is 58. The molecule has 0 aliphatic rings. The van der Waals surface area contributed by atoms with Gasteiger partial charge >= 0.3 is 0 Å². The van der Waals surface area contributed by atoms with Crippen LogP contribution in [0.15, 0.2) is 72.9 Å². The highest BCUT2D eigenvalue weighted by Gasteiger charge is 2.23. The molecule has 0 aliphatic heterocycles. The molecule has 9 heteroatoms. The Bertz CT molecular complexity index is 1450. The zero-order valence-electron chi connectivity index (χ0n) is 50.0. The number of quaternary nitrogens is 1. The molecule has 0 aromatic rings. The van der Waals surface area contributed by atoms with Gasteiger partial charge < -0.3 is 28.8 Å². The molecule has 8 nitrogen and oxygen atoms in total. The molecular formula is C66H123N2O6P. The summed E-state index contributed by atoms with van der Waals surface area (Å²) in [6.07, 6.45) is 78.7. The largest absolute Gasteiger partial charge is 0.756 e. The molecule has 0 saturated carbocycles. The summed E-state index contributed by atoms with van der Waals surface area (Å²) in [5, 5.41) is 13.9. The van der Waals surface area contributed by atoms with Crippen molar-refractivity contribution in [3.05, 3.63) is 72.9 Å². The van der Waals surface area contributed by atoms with Crippen molar-refractivity contribution >= 4 is 13.7 Å². The Hall–Kier alpha value is -2.06. The van der Waals surface area contributed by atoms with Crippen molar-refractivity contribution < 1.29 is 32.9 Å². The Kier molecular flexibility index (Phi) is 55.1. The number of likely N-dealkylation sites (N-methyl/N-ethyl adjacent to an activating group) is 1. The molecule has 0 rings (SSSR count). The van der Waals surface area contributed by atoms with Crippen LogP contribution in [0.25, 0.3) is 0 Å². The van der Waals surface area contributed by atoms with Gasteiger partial charge in [-0.1, -0.05) is 292 Å². The Labute approximate surface area is 465 Å². The van der Waals surface area contributed by atoms with Crippen LogP contribution < -0.4 is 10.2 Å². The highest BCUT2D eigenvalue weighted by Crippen LogP contribution is 2.38. The minimum Gasteiger partial charge on any atom is -0.756 e. The van der Waals surface area contributed by atoms with E-state index >= 15 is 0 Å². The fraction of sp³-hybridized carbons (Fsp3) is 0.803. The predicted octanol–water partition coefficient (Wildman–Crippen LogP) is 19.2. The first-order chi connectivity index (χ1) is 36.5. The van der Waals surface area contributed by atoms with Gasteiger partial charge in [-0.15, -0.1) is 0 Å². The molecule has 0 bridgehead atoms. The van der Waals surface area contributed by atoms with Crippen molar-refractivity contribution in [3.8, 4) is 0 Å². The van der Waals surface area contributed by atoms with Gasteiger partial charge in [-0.05, 0) is 64.2 Å². The molecule has 0 aromatic carbocycles. The highest BCUT2D eigenvalue weighted by molar-refractivity contribution is 7.45. The Balaban J connectivity index is 3.92. The maximum Gasteiger partial charge on any atom is 0.268 e. The molecule has 0 radical (unpaired) electrons. The fourth-order valence-corrected chi connectivity index (χ4v) is 9.96. The number of aliphatic hydroxyl groups is 1. The van der Waals surface area contributed by atoms with Crippen molar-refractivity contribution in [2.45, 2.75) is 302 Å². The SMILES string of the molecule is CC/C=C\C/C=C\C/C=C\C/C=C\C/C=C\CCCCCCCCCCCCCCCCCCCCCCCCCC(=O)NC(COP(=O)([O-])OCC[N+](C)(C)C)C(O)/C=C/CCCCCCCCCCCCCC. The number of carbonyl (C=O) groups excluding carboxylic acids is 1. The number of phosphoric ester groups is 1. The van der Waals surface area contributed by atoms with Crippen LogP contribution >= 0.6 is 7.82 Å². The van der Waals surface area contributed by atoms with Crippen LogP contribution in [0.1, 0.15) is 290 Å². The topological polar surface area (TPSA) is 108 Å². The van der Waals surface area contributed by atoms with Crippen LogP contribution in [0.5, 0.6) is 0 Å². The molecule has 75 heavy (non-hydrogen) atoms. The van der Waals surface area contributed by atoms with E-state index in [1.807, 2.05) is 27.2 Å². The lowest BCUT2D eigenvalue weighted by molar-refractivity contribution is -0.870. The minimum atomic E-state index is -4.60. The molecule has 2 N–H and O–H groups in total. The van der Waals surface area contributed by atoms with E-state index < -0.39 is 20.0 Å². The molecule has 0 aliphatic carbocycles. The average molecular weight is 1070 g/mol. The standard InChI is InChI=1S/C66H123N2O6P/c1-6-8-10-12-14-16-18-20-22-23-24-25-26-27-28-29-30-31-32-33-34-35-36-37-38-39-40-41-42-43-44-45-46-48-50-52-54-56-58-60-66(70)67-64(63-74-75(71,72)73-62-61-68(3,4)5)65(69)59-57-55-53-51-49-47-21-19-17-15-13-11-9-7-2/h8,10,14,16,20,22,24-25,27-28,57,59,64-65,69H,6-7,9,11-13,15,17-19,21,23,26,29-56,58,60-63H2,1-5H3,(H-,67,70,71,72)/b10-8-,16-14-,22-20-,25-24-,28-27-,59-57+. The van der Waals surface area contributed by atoms with E-state index in [0.717, 1.165) is 70.6 Å². The summed E-state index contributed by atoms with van der Waals surface area (Å²) >= 11 is 0. The van der Waals surface area contributed by atoms with E-state index in [-0.39, 0.29) is 19.1 Å². The van der Waals surface area contributed by atoms with Crippen molar-refractivity contribution in [3.63, 3.8) is 0 Å². The van der Waals surface area contributed by atoms with E-state index in [9.17, 15) is 19.4 Å². The number of amides is 1. The quantitative estimate of drug-likeness (QED) is 0.0272. The maximum atomic E-state index is 13.0. The number of carbonyl (C=O) groups is 1. The van der Waals surface area contributed by atoms with Crippen molar-refractivity contribution in [2.24, 2.45) is 0 Å². The second-order valence-corrected chi connectivity index (χ2v) is 24.1. The molecule has 1 amide bonds. The van der Waals surface area contributed by atoms with Gasteiger partial charge in [0.2, 0.25) is 5.91 Å². The van der Waals surface area contributed by atoms with Crippen LogP contribution in [0.3, 0.4) is 0 Å². The van der Waals surface area contributed by atoms with Gasteiger partial charge in [0.1, 0.15) is 13.2 Å². The second-order valence-electron chi connectivity index (χ2n) is 22.7. The van der Waals surface area contributed by atoms with Gasteiger partial charge in [-0.3, -0.25) is 9.36 Å². The number of nitrogens with zero attached hydrogens (tertiary/aromatic N) is 1. The maximum absolute atomic E-state index is 13.0. The molecule has 3 unspecified atom stereocenters. The van der Waals surface area contributed by atoms with E-state index in [1.165, 1.54) is 199 Å². The molecule has 0 saturated heterocycles. The number of phosphoric acid groups is 1. The van der Waals surface area contributed by atoms with E-state index in [1.54, 1.807) is 6.08 Å². The third-order valence-electron chi connectivity index (χ3n) is 14.2. The zero-order valence-corrected chi connectivity index (χ0v) is 50.9. The second kappa shape index (κ2) is 56.7. The summed E-state index contributed by atoms with van der Waals surface area (Å²) < 4.78 is 23.3. The van der Waals surface area contributed by atoms with E-state index in [0.29, 0.717) is 17.4 Å². The van der Waals surface area contributed by atoms with Crippen LogP contribution in [-0.2, 0) is 18.4 Å². The third kappa shape index (κ3) is 59.4. The molecule has 3 atom stereocenters. The van der Waals surface area contributed by atoms with Crippen LogP contribution in [0.2, 0.25) is 0 Å². The van der Waals surface area contributed by atoms with E-state index in [2.05, 4.69) is 79.9 Å². The first-order valence-corrected chi connectivity index (χ1v) is 33.3. The number of allylic oxidation sites excluding steroid dienone is 11. The van der Waals surface area contributed by atoms with Gasteiger partial charge in [0.25, 0.3) is 7.82 Å². The molecule has 0 heterocycles. The molecule has 0 fully saturated rings. The highest BCUT2D eigenvalue weighted by atomic mass is 31.2. The average Bonchev–Trinajstić information content (AvgIpc) is 3.37. The van der Waals surface area contributed by atoms with Crippen LogP contribution in [-0.4, -0.2) is 68.5 Å². The number of unbranched alkanes of at least 4 members (excludes halogenated alkanes) is 35. The van der Waals surface area contributed by atoms with E-state index in [4.69, 9.17) is 9.05 Å². The smallest absolute Gasteiger partial charge is 0.268 e. The molecule has 0 aromatic heterocycles. The zero-order chi connectivity index (χ0) is 54.9. The fourth-order valence-electron chi connectivity index (χ4n) is 9.24. The van der Waals surface area contributed by atoms with Crippen molar-refractivity contribution in [2.75, 3.05) is 40.9 Å². The minimum absolute atomic E-state index is 0.000577. The summed E-state index contributed by atoms with van der Waals surface area (Å²) in [7, 11) is 1.27. The van der Waals surface area contributed by atoms with Gasteiger partial charge in [0.15, 0.2) is 0 Å². The predicted molar refractivity (Wildman–Crippen MR) is 325 cm³/mol. The summed E-state index contributed by atoms with van der Waals surface area (Å²) in [5.41, 5.74) is 0. The monoisotopic (exact) mass is 1070 g/mol. The van der Waals surface area contributed by atoms with Crippen LogP contribution in [0.4, 0.5) is 0 Å². The van der Waals surface area contributed by atoms with Crippen molar-refractivity contribution in [1.29, 1.82) is 0 Å². The lowest BCUT2D eigenvalue weighted by Crippen LogP contribution is -2.45. The summed E-state index contributed by atoms with van der Waals surface area (Å²) in [6.45, 7) is 4.55. The normalized spacial score (nSPS) is 14.3. The Morgan fingerprint density at radius 3 is 1.19 bits per heavy atom. The number of hydrogen-bond acceptors (Lipinski definition) is 6.